The zero-order valence-corrected chi connectivity index (χ0v) is 13.3. The van der Waals surface area contributed by atoms with Crippen molar-refractivity contribution >= 4 is 11.3 Å². The van der Waals surface area contributed by atoms with Crippen LogP contribution < -0.4 is 0 Å². The molecule has 116 valence electrons. The van der Waals surface area contributed by atoms with Gasteiger partial charge in [0.05, 0.1) is 6.26 Å². The van der Waals surface area contributed by atoms with E-state index in [2.05, 4.69) is 72.8 Å². The number of hydrogen-bond acceptors (Lipinski definition) is 1. The van der Waals surface area contributed by atoms with Crippen LogP contribution in [0.2, 0.25) is 0 Å². The third-order valence-corrected chi connectivity index (χ3v) is 4.29. The van der Waals surface area contributed by atoms with Crippen molar-refractivity contribution in [1.29, 1.82) is 0 Å². The molecule has 1 aliphatic rings. The van der Waals surface area contributed by atoms with Gasteiger partial charge in [-0.1, -0.05) is 91.0 Å². The van der Waals surface area contributed by atoms with Crippen molar-refractivity contribution in [2.75, 3.05) is 0 Å². The van der Waals surface area contributed by atoms with Crippen LogP contribution in [0.1, 0.15) is 22.6 Å². The summed E-state index contributed by atoms with van der Waals surface area (Å²) in [5, 5.41) is 0. The van der Waals surface area contributed by atoms with Gasteiger partial charge in [0.2, 0.25) is 0 Å². The van der Waals surface area contributed by atoms with Crippen LogP contribution in [0.5, 0.6) is 0 Å². The molecule has 0 saturated heterocycles. The molecule has 0 spiro atoms. The minimum atomic E-state index is 0.178. The van der Waals surface area contributed by atoms with Crippen molar-refractivity contribution in [3.8, 4) is 0 Å². The molecule has 0 bridgehead atoms. The maximum absolute atomic E-state index is 5.98. The molecule has 3 aromatic carbocycles. The third-order valence-electron chi connectivity index (χ3n) is 4.29. The van der Waals surface area contributed by atoms with Gasteiger partial charge in [-0.05, 0) is 17.2 Å². The number of allylic oxidation sites excluding steroid dienone is 2. The Morgan fingerprint density at radius 1 is 0.583 bits per heavy atom. The predicted octanol–water partition coefficient (Wildman–Crippen LogP) is 5.88. The SMILES string of the molecule is C1=CC(c2ccccc2)C(c2ccccc2)=C(c2ccccc2)O1. The minimum Gasteiger partial charge on any atom is -0.464 e. The van der Waals surface area contributed by atoms with Crippen LogP contribution in [0.25, 0.3) is 11.3 Å². The molecular weight excluding hydrogens is 292 g/mol. The van der Waals surface area contributed by atoms with Gasteiger partial charge in [-0.3, -0.25) is 0 Å². The van der Waals surface area contributed by atoms with Crippen LogP contribution in [0.15, 0.2) is 103 Å². The van der Waals surface area contributed by atoms with Gasteiger partial charge < -0.3 is 4.74 Å². The fourth-order valence-corrected chi connectivity index (χ4v) is 3.17. The van der Waals surface area contributed by atoms with Crippen LogP contribution in [0, 0.1) is 0 Å². The number of benzene rings is 3. The summed E-state index contributed by atoms with van der Waals surface area (Å²) in [6.07, 6.45) is 3.94. The summed E-state index contributed by atoms with van der Waals surface area (Å²) in [5.41, 5.74) is 4.76. The highest BCUT2D eigenvalue weighted by Crippen LogP contribution is 2.42. The van der Waals surface area contributed by atoms with E-state index in [1.807, 2.05) is 30.5 Å². The quantitative estimate of drug-likeness (QED) is 0.586. The van der Waals surface area contributed by atoms with Crippen molar-refractivity contribution < 1.29 is 4.74 Å². The highest BCUT2D eigenvalue weighted by atomic mass is 16.5. The molecule has 3 aromatic rings. The number of ether oxygens (including phenoxy) is 1. The second-order valence-corrected chi connectivity index (χ2v) is 5.81. The number of rotatable bonds is 3. The van der Waals surface area contributed by atoms with Gasteiger partial charge in [-0.15, -0.1) is 0 Å². The average Bonchev–Trinajstić information content (AvgIpc) is 2.69. The second-order valence-electron chi connectivity index (χ2n) is 5.81. The molecule has 1 nitrogen and oxygen atoms in total. The third kappa shape index (κ3) is 2.77. The summed E-state index contributed by atoms with van der Waals surface area (Å²) >= 11 is 0. The van der Waals surface area contributed by atoms with Gasteiger partial charge in [0.1, 0.15) is 5.76 Å². The molecule has 0 amide bonds. The summed E-state index contributed by atoms with van der Waals surface area (Å²) in [6.45, 7) is 0. The molecule has 0 aromatic heterocycles. The molecule has 0 fully saturated rings. The van der Waals surface area contributed by atoms with Crippen molar-refractivity contribution in [2.45, 2.75) is 5.92 Å². The molecule has 0 aliphatic carbocycles. The monoisotopic (exact) mass is 310 g/mol. The highest BCUT2D eigenvalue weighted by Gasteiger charge is 2.24. The molecule has 1 atom stereocenters. The molecule has 1 aliphatic heterocycles. The lowest BCUT2D eigenvalue weighted by atomic mass is 9.84. The average molecular weight is 310 g/mol. The van der Waals surface area contributed by atoms with Gasteiger partial charge in [0, 0.05) is 17.1 Å². The largest absolute Gasteiger partial charge is 0.464 e. The summed E-state index contributed by atoms with van der Waals surface area (Å²) in [6, 6.07) is 31.4. The van der Waals surface area contributed by atoms with Gasteiger partial charge >= 0.3 is 0 Å². The van der Waals surface area contributed by atoms with Crippen LogP contribution in [0.4, 0.5) is 0 Å². The normalized spacial score (nSPS) is 16.8. The maximum Gasteiger partial charge on any atom is 0.138 e. The van der Waals surface area contributed by atoms with E-state index in [0.717, 1.165) is 11.3 Å². The summed E-state index contributed by atoms with van der Waals surface area (Å²) in [7, 11) is 0. The first-order valence-electron chi connectivity index (χ1n) is 8.17. The van der Waals surface area contributed by atoms with Crippen molar-refractivity contribution in [2.24, 2.45) is 0 Å². The maximum atomic E-state index is 5.98. The van der Waals surface area contributed by atoms with Crippen LogP contribution in [0.3, 0.4) is 0 Å². The molecule has 1 heterocycles. The fraction of sp³-hybridized carbons (Fsp3) is 0.0435. The summed E-state index contributed by atoms with van der Waals surface area (Å²) in [4.78, 5) is 0. The fourth-order valence-electron chi connectivity index (χ4n) is 3.17. The van der Waals surface area contributed by atoms with E-state index in [-0.39, 0.29) is 5.92 Å². The Labute approximate surface area is 142 Å². The Kier molecular flexibility index (Phi) is 3.99. The molecule has 0 radical (unpaired) electrons. The van der Waals surface area contributed by atoms with E-state index in [1.54, 1.807) is 0 Å². The van der Waals surface area contributed by atoms with Gasteiger partial charge in [-0.2, -0.15) is 0 Å². The second kappa shape index (κ2) is 6.59. The van der Waals surface area contributed by atoms with Crippen molar-refractivity contribution in [3.63, 3.8) is 0 Å². The van der Waals surface area contributed by atoms with E-state index in [9.17, 15) is 0 Å². The first kappa shape index (κ1) is 14.5. The molecule has 0 N–H and O–H groups in total. The molecule has 24 heavy (non-hydrogen) atoms. The standard InChI is InChI=1S/C23H18O/c1-4-10-18(11-5-1)21-16-17-24-23(20-14-8-3-9-15-20)22(21)19-12-6-2-7-13-19/h1-17,21H. The Hall–Kier alpha value is -3.06. The van der Waals surface area contributed by atoms with E-state index >= 15 is 0 Å². The van der Waals surface area contributed by atoms with E-state index in [0.29, 0.717) is 0 Å². The van der Waals surface area contributed by atoms with E-state index in [1.165, 1.54) is 16.7 Å². The summed E-state index contributed by atoms with van der Waals surface area (Å²) < 4.78 is 5.98. The molecule has 1 unspecified atom stereocenters. The Morgan fingerprint density at radius 3 is 1.75 bits per heavy atom. The first-order chi connectivity index (χ1) is 11.9. The van der Waals surface area contributed by atoms with E-state index in [4.69, 9.17) is 4.74 Å². The lowest BCUT2D eigenvalue weighted by Crippen LogP contribution is -2.07. The molecule has 0 saturated carbocycles. The topological polar surface area (TPSA) is 9.23 Å². The highest BCUT2D eigenvalue weighted by molar-refractivity contribution is 5.92. The lowest BCUT2D eigenvalue weighted by Gasteiger charge is -2.25. The zero-order chi connectivity index (χ0) is 16.2. The summed E-state index contributed by atoms with van der Waals surface area (Å²) in [5.74, 6) is 1.11. The smallest absolute Gasteiger partial charge is 0.138 e. The molecule has 4 rings (SSSR count). The zero-order valence-electron chi connectivity index (χ0n) is 13.3. The van der Waals surface area contributed by atoms with Gasteiger partial charge in [0.25, 0.3) is 0 Å². The van der Waals surface area contributed by atoms with Gasteiger partial charge in [-0.25, -0.2) is 0 Å². The molecular formula is C23H18O. The van der Waals surface area contributed by atoms with Crippen LogP contribution >= 0.6 is 0 Å². The lowest BCUT2D eigenvalue weighted by molar-refractivity contribution is 0.428. The van der Waals surface area contributed by atoms with Crippen molar-refractivity contribution in [1.82, 2.24) is 0 Å². The van der Waals surface area contributed by atoms with Crippen LogP contribution in [-0.4, -0.2) is 0 Å². The van der Waals surface area contributed by atoms with E-state index < -0.39 is 0 Å². The Morgan fingerprint density at radius 2 is 1.12 bits per heavy atom. The first-order valence-corrected chi connectivity index (χ1v) is 8.17. The van der Waals surface area contributed by atoms with Crippen LogP contribution in [-0.2, 0) is 4.74 Å². The Balaban J connectivity index is 1.92. The van der Waals surface area contributed by atoms with Crippen molar-refractivity contribution in [3.05, 3.63) is 120 Å². The predicted molar refractivity (Wildman–Crippen MR) is 99.1 cm³/mol. The molecule has 1 heteroatoms. The number of hydrogen-bond donors (Lipinski definition) is 0. The minimum absolute atomic E-state index is 0.178. The van der Waals surface area contributed by atoms with Gasteiger partial charge in [0.15, 0.2) is 0 Å². The Bertz CT molecular complexity index is 862.